The number of aryl methyl sites for hydroxylation is 2. The second-order valence-electron chi connectivity index (χ2n) is 10.6. The largest absolute Gasteiger partial charge is 0.506 e. The molecule has 0 radical (unpaired) electrons. The maximum Gasteiger partial charge on any atom is 0.283 e. The molecule has 0 unspecified atom stereocenters. The van der Waals surface area contributed by atoms with Gasteiger partial charge in [0.05, 0.1) is 18.0 Å². The molecule has 0 saturated carbocycles. The van der Waals surface area contributed by atoms with Gasteiger partial charge in [0.1, 0.15) is 5.75 Å². The van der Waals surface area contributed by atoms with Crippen molar-refractivity contribution in [3.05, 3.63) is 70.0 Å². The van der Waals surface area contributed by atoms with Gasteiger partial charge in [-0.25, -0.2) is 18.4 Å². The van der Waals surface area contributed by atoms with E-state index in [9.17, 15) is 23.4 Å². The molecule has 0 fully saturated rings. The quantitative estimate of drug-likeness (QED) is 0.0479. The highest BCUT2D eigenvalue weighted by Crippen LogP contribution is 2.27. The van der Waals surface area contributed by atoms with Crippen LogP contribution in [0, 0.1) is 5.41 Å². The Morgan fingerprint density at radius 2 is 1.64 bits per heavy atom. The normalized spacial score (nSPS) is 12.1. The first-order valence-corrected chi connectivity index (χ1v) is 16.5. The summed E-state index contributed by atoms with van der Waals surface area (Å²) in [6.07, 6.45) is 5.02. The maximum absolute atomic E-state index is 12.8. The number of phenols is 1. The van der Waals surface area contributed by atoms with Gasteiger partial charge in [-0.15, -0.1) is 0 Å². The number of aliphatic hydroxyl groups is 1. The number of hydrogen-bond donors (Lipinski definition) is 8. The minimum Gasteiger partial charge on any atom is -0.506 e. The third-order valence-corrected chi connectivity index (χ3v) is 7.74. The smallest absolute Gasteiger partial charge is 0.283 e. The van der Waals surface area contributed by atoms with E-state index in [1.807, 2.05) is 0 Å². The lowest BCUT2D eigenvalue weighted by atomic mass is 10.0. The Labute approximate surface area is 267 Å². The maximum atomic E-state index is 12.8. The van der Waals surface area contributed by atoms with Crippen LogP contribution in [0.3, 0.4) is 0 Å². The molecule has 1 atom stereocenters. The summed E-state index contributed by atoms with van der Waals surface area (Å²) in [6.45, 7) is 1.19. The van der Waals surface area contributed by atoms with Crippen molar-refractivity contribution >= 4 is 50.8 Å². The minimum absolute atomic E-state index is 0.0226. The molecule has 1 amide bonds. The standard InChI is InChI=1S/C29H40ClN9O5S/c1-45(43,44)38-21-16-20(12-13-22(21)40)23(41)17-35-14-4-2-6-18-8-10-19(11-9-18)7-3-5-15-39(29(33)34)28(42)24-26(31)37-27(32)25(30)36-24/h8-13,16,23,35,38,40-41H,2-7,14-15,17H2,1H3,(H3,33,34)(H4,31,32,37)/t23-/m0/s1. The van der Waals surface area contributed by atoms with Gasteiger partial charge in [-0.3, -0.25) is 19.8 Å². The van der Waals surface area contributed by atoms with Crippen LogP contribution in [0.4, 0.5) is 17.3 Å². The highest BCUT2D eigenvalue weighted by molar-refractivity contribution is 7.92. The van der Waals surface area contributed by atoms with E-state index in [4.69, 9.17) is 34.2 Å². The van der Waals surface area contributed by atoms with Crippen LogP contribution in [0.2, 0.25) is 5.15 Å². The number of nitrogen functional groups attached to an aromatic ring is 2. The summed E-state index contributed by atoms with van der Waals surface area (Å²) in [4.78, 5) is 21.6. The number of halogens is 1. The lowest BCUT2D eigenvalue weighted by molar-refractivity contribution is 0.0838. The lowest BCUT2D eigenvalue weighted by Crippen LogP contribution is -2.42. The average Bonchev–Trinajstić information content (AvgIpc) is 2.97. The molecule has 244 valence electrons. The van der Waals surface area contributed by atoms with Crippen LogP contribution in [0.15, 0.2) is 42.5 Å². The molecule has 3 rings (SSSR count). The molecule has 0 aliphatic carbocycles. The molecule has 14 nitrogen and oxygen atoms in total. The number of rotatable bonds is 16. The highest BCUT2D eigenvalue weighted by atomic mass is 35.5. The fourth-order valence-electron chi connectivity index (χ4n) is 4.51. The van der Waals surface area contributed by atoms with E-state index in [1.165, 1.54) is 17.7 Å². The van der Waals surface area contributed by atoms with Gasteiger partial charge in [0.25, 0.3) is 5.91 Å². The Hall–Kier alpha value is -4.18. The molecule has 3 aromatic rings. The zero-order valence-corrected chi connectivity index (χ0v) is 26.5. The predicted octanol–water partition coefficient (Wildman–Crippen LogP) is 2.38. The summed E-state index contributed by atoms with van der Waals surface area (Å²) in [5, 5.41) is 31.2. The van der Waals surface area contributed by atoms with E-state index < -0.39 is 28.0 Å². The number of carbonyl (C=O) groups is 1. The summed E-state index contributed by atoms with van der Waals surface area (Å²) in [5.74, 6) is -1.59. The Morgan fingerprint density at radius 3 is 2.24 bits per heavy atom. The molecular weight excluding hydrogens is 622 g/mol. The number of aromatic hydroxyl groups is 1. The number of aromatic nitrogens is 2. The van der Waals surface area contributed by atoms with Crippen LogP contribution >= 0.6 is 11.6 Å². The zero-order valence-electron chi connectivity index (χ0n) is 25.0. The number of carbonyl (C=O) groups excluding carboxylic acids is 1. The SMILES string of the molecule is CS(=O)(=O)Nc1cc([C@@H](O)CNCCCCc2ccc(CCCCN(C(=N)N)C(=O)c3nc(Cl)c(N)nc3N)cc2)ccc1O. The van der Waals surface area contributed by atoms with Gasteiger partial charge in [-0.1, -0.05) is 41.9 Å². The van der Waals surface area contributed by atoms with E-state index in [-0.39, 0.29) is 47.0 Å². The van der Waals surface area contributed by atoms with Crippen molar-refractivity contribution in [1.82, 2.24) is 20.2 Å². The Kier molecular flexibility index (Phi) is 12.7. The van der Waals surface area contributed by atoms with E-state index >= 15 is 0 Å². The van der Waals surface area contributed by atoms with Gasteiger partial charge in [0, 0.05) is 13.1 Å². The number of benzene rings is 2. The van der Waals surface area contributed by atoms with Crippen molar-refractivity contribution < 1.29 is 23.4 Å². The summed E-state index contributed by atoms with van der Waals surface area (Å²) in [7, 11) is -3.56. The van der Waals surface area contributed by atoms with Gasteiger partial charge < -0.3 is 32.7 Å². The second-order valence-corrected chi connectivity index (χ2v) is 12.7. The van der Waals surface area contributed by atoms with Crippen molar-refractivity contribution in [3.63, 3.8) is 0 Å². The molecule has 1 heterocycles. The van der Waals surface area contributed by atoms with E-state index in [0.29, 0.717) is 18.5 Å². The third-order valence-electron chi connectivity index (χ3n) is 6.87. The summed E-state index contributed by atoms with van der Waals surface area (Å²) in [5.41, 5.74) is 19.6. The van der Waals surface area contributed by atoms with Crippen LogP contribution in [-0.4, -0.2) is 71.3 Å². The highest BCUT2D eigenvalue weighted by Gasteiger charge is 2.24. The van der Waals surface area contributed by atoms with Crippen molar-refractivity contribution in [2.75, 3.05) is 42.1 Å². The number of hydrogen-bond acceptors (Lipinski definition) is 11. The Bertz CT molecular complexity index is 1590. The molecule has 0 aliphatic rings. The third kappa shape index (κ3) is 11.0. The Morgan fingerprint density at radius 1 is 1.02 bits per heavy atom. The molecule has 0 bridgehead atoms. The van der Waals surface area contributed by atoms with Gasteiger partial charge in [-0.2, -0.15) is 0 Å². The molecule has 16 heteroatoms. The number of anilines is 3. The number of nitrogens with one attached hydrogen (secondary N) is 3. The predicted molar refractivity (Wildman–Crippen MR) is 176 cm³/mol. The lowest BCUT2D eigenvalue weighted by Gasteiger charge is -2.20. The van der Waals surface area contributed by atoms with E-state index in [1.54, 1.807) is 6.07 Å². The van der Waals surface area contributed by atoms with Gasteiger partial charge in [-0.05, 0) is 73.9 Å². The van der Waals surface area contributed by atoms with E-state index in [0.717, 1.165) is 48.8 Å². The van der Waals surface area contributed by atoms with Crippen molar-refractivity contribution in [3.8, 4) is 5.75 Å². The number of phenolic OH excluding ortho intramolecular Hbond substituents is 1. The van der Waals surface area contributed by atoms with Crippen LogP contribution < -0.4 is 27.2 Å². The first-order valence-electron chi connectivity index (χ1n) is 14.3. The number of amides is 1. The van der Waals surface area contributed by atoms with Gasteiger partial charge >= 0.3 is 0 Å². The second kappa shape index (κ2) is 16.2. The molecule has 0 saturated heterocycles. The summed E-state index contributed by atoms with van der Waals surface area (Å²) in [6, 6.07) is 12.7. The van der Waals surface area contributed by atoms with Crippen molar-refractivity contribution in [1.29, 1.82) is 5.41 Å². The van der Waals surface area contributed by atoms with Gasteiger partial charge in [0.2, 0.25) is 10.0 Å². The first kappa shape index (κ1) is 35.3. The fraction of sp³-hybridized carbons (Fsp3) is 0.379. The van der Waals surface area contributed by atoms with Crippen LogP contribution in [0.5, 0.6) is 5.75 Å². The summed E-state index contributed by atoms with van der Waals surface area (Å²) >= 11 is 5.88. The molecule has 11 N–H and O–H groups in total. The minimum atomic E-state index is -3.56. The number of nitrogens with zero attached hydrogens (tertiary/aromatic N) is 3. The van der Waals surface area contributed by atoms with E-state index in [2.05, 4.69) is 44.3 Å². The molecule has 1 aromatic heterocycles. The number of nitrogens with two attached hydrogens (primary N) is 3. The summed E-state index contributed by atoms with van der Waals surface area (Å²) < 4.78 is 25.2. The van der Waals surface area contributed by atoms with Crippen molar-refractivity contribution in [2.45, 2.75) is 44.6 Å². The zero-order chi connectivity index (χ0) is 33.1. The Balaban J connectivity index is 1.35. The molecule has 0 aliphatic heterocycles. The molecule has 2 aromatic carbocycles. The van der Waals surface area contributed by atoms with Crippen LogP contribution in [0.25, 0.3) is 0 Å². The molecule has 0 spiro atoms. The number of sulfonamides is 1. The van der Waals surface area contributed by atoms with Crippen molar-refractivity contribution in [2.24, 2.45) is 5.73 Å². The van der Waals surface area contributed by atoms with Crippen LogP contribution in [0.1, 0.15) is 59.0 Å². The monoisotopic (exact) mass is 661 g/mol. The molecular formula is C29H40ClN9O5S. The number of guanidine groups is 1. The molecule has 45 heavy (non-hydrogen) atoms. The van der Waals surface area contributed by atoms with Crippen LogP contribution in [-0.2, 0) is 22.9 Å². The average molecular weight is 662 g/mol. The number of unbranched alkanes of at least 4 members (excludes halogenated alkanes) is 2. The van der Waals surface area contributed by atoms with Gasteiger partial charge in [0.15, 0.2) is 28.4 Å². The first-order chi connectivity index (χ1) is 21.2. The fourth-order valence-corrected chi connectivity index (χ4v) is 5.20. The number of aliphatic hydroxyl groups excluding tert-OH is 1. The topological polar surface area (TPSA) is 247 Å².